The summed E-state index contributed by atoms with van der Waals surface area (Å²) >= 11 is 0. The van der Waals surface area contributed by atoms with Gasteiger partial charge in [0.15, 0.2) is 0 Å². The minimum absolute atomic E-state index is 0.0325. The minimum atomic E-state index is 0.0325. The molecule has 3 nitrogen and oxygen atoms in total. The molecule has 0 aliphatic carbocycles. The quantitative estimate of drug-likeness (QED) is 0.792. The van der Waals surface area contributed by atoms with Gasteiger partial charge in [-0.2, -0.15) is 0 Å². The number of rotatable bonds is 1. The molecule has 0 saturated carbocycles. The van der Waals surface area contributed by atoms with Crippen molar-refractivity contribution in [2.24, 2.45) is 0 Å². The summed E-state index contributed by atoms with van der Waals surface area (Å²) in [6.07, 6.45) is 2.25. The zero-order chi connectivity index (χ0) is 12.4. The molecule has 2 rings (SSSR count). The van der Waals surface area contributed by atoms with Crippen LogP contribution in [0, 0.1) is 20.8 Å². The molecule has 1 heterocycles. The lowest BCUT2D eigenvalue weighted by molar-refractivity contribution is 0.222. The number of hydrogen-bond donors (Lipinski definition) is 1. The van der Waals surface area contributed by atoms with Crippen LogP contribution in [0.4, 0.5) is 10.5 Å². The van der Waals surface area contributed by atoms with Crippen LogP contribution in [-0.4, -0.2) is 24.0 Å². The van der Waals surface area contributed by atoms with Gasteiger partial charge in [-0.05, 0) is 62.4 Å². The summed E-state index contributed by atoms with van der Waals surface area (Å²) in [5, 5.41) is 2.98. The second kappa shape index (κ2) is 4.78. The number of carbonyl (C=O) groups excluding carboxylic acids is 1. The van der Waals surface area contributed by atoms with Crippen LogP contribution in [0.2, 0.25) is 0 Å². The molecule has 0 bridgehead atoms. The second-order valence-electron chi connectivity index (χ2n) is 4.86. The Morgan fingerprint density at radius 1 is 1.12 bits per heavy atom. The van der Waals surface area contributed by atoms with E-state index >= 15 is 0 Å². The molecular formula is C14H20N2O. The Balaban J connectivity index is 2.10. The molecule has 1 aromatic rings. The highest BCUT2D eigenvalue weighted by molar-refractivity contribution is 5.89. The number of likely N-dealkylation sites (tertiary alicyclic amines) is 1. The SMILES string of the molecule is Cc1cc(NC(=O)N2CCCC2)cc(C)c1C. The fraction of sp³-hybridized carbons (Fsp3) is 0.500. The van der Waals surface area contributed by atoms with Gasteiger partial charge in [0.25, 0.3) is 0 Å². The summed E-state index contributed by atoms with van der Waals surface area (Å²) in [5.41, 5.74) is 4.65. The van der Waals surface area contributed by atoms with E-state index < -0.39 is 0 Å². The Morgan fingerprint density at radius 3 is 2.18 bits per heavy atom. The van der Waals surface area contributed by atoms with E-state index in [-0.39, 0.29) is 6.03 Å². The number of carbonyl (C=O) groups is 1. The highest BCUT2D eigenvalue weighted by atomic mass is 16.2. The molecule has 3 heteroatoms. The number of hydrogen-bond acceptors (Lipinski definition) is 1. The lowest BCUT2D eigenvalue weighted by Crippen LogP contribution is -2.32. The molecule has 0 unspecified atom stereocenters. The van der Waals surface area contributed by atoms with Crippen molar-refractivity contribution < 1.29 is 4.79 Å². The molecule has 1 N–H and O–H groups in total. The summed E-state index contributed by atoms with van der Waals surface area (Å²) in [6, 6.07) is 4.11. The van der Waals surface area contributed by atoms with Gasteiger partial charge in [0, 0.05) is 18.8 Å². The third kappa shape index (κ3) is 2.60. The third-order valence-electron chi connectivity index (χ3n) is 3.57. The first-order chi connectivity index (χ1) is 8.08. The molecule has 0 radical (unpaired) electrons. The van der Waals surface area contributed by atoms with Gasteiger partial charge in [0.1, 0.15) is 0 Å². The molecule has 92 valence electrons. The molecule has 1 aromatic carbocycles. The number of benzene rings is 1. The number of urea groups is 1. The second-order valence-corrected chi connectivity index (χ2v) is 4.86. The standard InChI is InChI=1S/C14H20N2O/c1-10-8-13(9-11(2)12(10)3)15-14(17)16-6-4-5-7-16/h8-9H,4-7H2,1-3H3,(H,15,17). The molecule has 0 aromatic heterocycles. The predicted octanol–water partition coefficient (Wildman–Crippen LogP) is 3.24. The fourth-order valence-electron chi connectivity index (χ4n) is 2.23. The van der Waals surface area contributed by atoms with Crippen LogP contribution >= 0.6 is 0 Å². The predicted molar refractivity (Wildman–Crippen MR) is 70.5 cm³/mol. The summed E-state index contributed by atoms with van der Waals surface area (Å²) in [4.78, 5) is 13.8. The van der Waals surface area contributed by atoms with Crippen LogP contribution in [-0.2, 0) is 0 Å². The van der Waals surface area contributed by atoms with E-state index in [0.29, 0.717) is 0 Å². The summed E-state index contributed by atoms with van der Waals surface area (Å²) in [7, 11) is 0. The van der Waals surface area contributed by atoms with Crippen LogP contribution < -0.4 is 5.32 Å². The van der Waals surface area contributed by atoms with Crippen molar-refractivity contribution in [1.29, 1.82) is 0 Å². The zero-order valence-corrected chi connectivity index (χ0v) is 10.8. The Bertz CT molecular complexity index is 411. The van der Waals surface area contributed by atoms with Crippen LogP contribution in [0.1, 0.15) is 29.5 Å². The lowest BCUT2D eigenvalue weighted by Gasteiger charge is -2.17. The van der Waals surface area contributed by atoms with Crippen molar-refractivity contribution in [3.63, 3.8) is 0 Å². The lowest BCUT2D eigenvalue weighted by atomic mass is 10.0. The van der Waals surface area contributed by atoms with Gasteiger partial charge in [-0.1, -0.05) is 0 Å². The van der Waals surface area contributed by atoms with Crippen molar-refractivity contribution in [2.75, 3.05) is 18.4 Å². The average Bonchev–Trinajstić information content (AvgIpc) is 2.79. The average molecular weight is 232 g/mol. The highest BCUT2D eigenvalue weighted by Crippen LogP contribution is 2.20. The van der Waals surface area contributed by atoms with Crippen molar-refractivity contribution in [3.05, 3.63) is 28.8 Å². The van der Waals surface area contributed by atoms with E-state index in [1.807, 2.05) is 17.0 Å². The van der Waals surface area contributed by atoms with E-state index in [1.165, 1.54) is 16.7 Å². The highest BCUT2D eigenvalue weighted by Gasteiger charge is 2.17. The maximum Gasteiger partial charge on any atom is 0.321 e. The van der Waals surface area contributed by atoms with Crippen molar-refractivity contribution in [1.82, 2.24) is 4.90 Å². The van der Waals surface area contributed by atoms with Gasteiger partial charge in [-0.25, -0.2) is 4.79 Å². The van der Waals surface area contributed by atoms with Crippen molar-refractivity contribution >= 4 is 11.7 Å². The van der Waals surface area contributed by atoms with Crippen molar-refractivity contribution in [2.45, 2.75) is 33.6 Å². The Kier molecular flexibility index (Phi) is 3.36. The van der Waals surface area contributed by atoms with Gasteiger partial charge in [0.2, 0.25) is 0 Å². The molecule has 17 heavy (non-hydrogen) atoms. The van der Waals surface area contributed by atoms with Gasteiger partial charge in [0.05, 0.1) is 0 Å². The first kappa shape index (κ1) is 12.0. The molecule has 2 amide bonds. The first-order valence-corrected chi connectivity index (χ1v) is 6.21. The number of nitrogens with one attached hydrogen (secondary N) is 1. The van der Waals surface area contributed by atoms with Gasteiger partial charge < -0.3 is 10.2 Å². The van der Waals surface area contributed by atoms with Gasteiger partial charge in [-0.15, -0.1) is 0 Å². The Morgan fingerprint density at radius 2 is 1.65 bits per heavy atom. The van der Waals surface area contributed by atoms with Crippen LogP contribution in [0.3, 0.4) is 0 Å². The molecule has 0 spiro atoms. The molecule has 1 aliphatic rings. The maximum absolute atomic E-state index is 11.9. The minimum Gasteiger partial charge on any atom is -0.325 e. The molecular weight excluding hydrogens is 212 g/mol. The van der Waals surface area contributed by atoms with E-state index in [2.05, 4.69) is 26.1 Å². The number of aryl methyl sites for hydroxylation is 2. The van der Waals surface area contributed by atoms with Gasteiger partial charge in [-0.3, -0.25) is 0 Å². The summed E-state index contributed by atoms with van der Waals surface area (Å²) in [6.45, 7) is 8.03. The van der Waals surface area contributed by atoms with E-state index in [4.69, 9.17) is 0 Å². The molecule has 1 aliphatic heterocycles. The number of anilines is 1. The number of nitrogens with zero attached hydrogens (tertiary/aromatic N) is 1. The Labute approximate surface area is 103 Å². The van der Waals surface area contributed by atoms with Crippen LogP contribution in [0.25, 0.3) is 0 Å². The topological polar surface area (TPSA) is 32.3 Å². The van der Waals surface area contributed by atoms with Crippen LogP contribution in [0.15, 0.2) is 12.1 Å². The summed E-state index contributed by atoms with van der Waals surface area (Å²) < 4.78 is 0. The zero-order valence-electron chi connectivity index (χ0n) is 10.8. The maximum atomic E-state index is 11.9. The molecule has 1 saturated heterocycles. The van der Waals surface area contributed by atoms with Crippen molar-refractivity contribution in [3.8, 4) is 0 Å². The molecule has 0 atom stereocenters. The summed E-state index contributed by atoms with van der Waals surface area (Å²) in [5.74, 6) is 0. The normalized spacial score (nSPS) is 15.1. The van der Waals surface area contributed by atoms with Crippen LogP contribution in [0.5, 0.6) is 0 Å². The smallest absolute Gasteiger partial charge is 0.321 e. The van der Waals surface area contributed by atoms with E-state index in [1.54, 1.807) is 0 Å². The number of amides is 2. The van der Waals surface area contributed by atoms with E-state index in [0.717, 1.165) is 31.6 Å². The van der Waals surface area contributed by atoms with Gasteiger partial charge >= 0.3 is 6.03 Å². The molecule has 1 fully saturated rings. The largest absolute Gasteiger partial charge is 0.325 e. The third-order valence-corrected chi connectivity index (χ3v) is 3.57. The monoisotopic (exact) mass is 232 g/mol. The van der Waals surface area contributed by atoms with E-state index in [9.17, 15) is 4.79 Å². The fourth-order valence-corrected chi connectivity index (χ4v) is 2.23. The Hall–Kier alpha value is -1.51. The first-order valence-electron chi connectivity index (χ1n) is 6.21.